The number of carbonyl (C=O) groups is 1. The van der Waals surface area contributed by atoms with E-state index in [2.05, 4.69) is 5.32 Å². The van der Waals surface area contributed by atoms with E-state index in [0.29, 0.717) is 28.6 Å². The monoisotopic (exact) mass is 367 g/mol. The van der Waals surface area contributed by atoms with Crippen LogP contribution in [-0.2, 0) is 6.61 Å². The molecule has 132 valence electrons. The van der Waals surface area contributed by atoms with E-state index in [-0.39, 0.29) is 5.91 Å². The first kappa shape index (κ1) is 17.8. The van der Waals surface area contributed by atoms with Crippen molar-refractivity contribution in [2.24, 2.45) is 0 Å². The van der Waals surface area contributed by atoms with Gasteiger partial charge in [0.2, 0.25) is 0 Å². The van der Waals surface area contributed by atoms with Crippen LogP contribution < -0.4 is 14.8 Å². The molecule has 0 bridgehead atoms. The zero-order valence-corrected chi connectivity index (χ0v) is 15.0. The highest BCUT2D eigenvalue weighted by Gasteiger charge is 2.12. The molecule has 0 aliphatic rings. The maximum atomic E-state index is 12.6. The number of para-hydroxylation sites is 1. The van der Waals surface area contributed by atoms with Crippen molar-refractivity contribution in [1.29, 1.82) is 0 Å². The first-order chi connectivity index (χ1) is 12.7. The fourth-order valence-electron chi connectivity index (χ4n) is 2.39. The molecule has 3 aromatic rings. The minimum absolute atomic E-state index is 0.234. The first-order valence-electron chi connectivity index (χ1n) is 8.07. The van der Waals surface area contributed by atoms with Crippen LogP contribution in [-0.4, -0.2) is 13.0 Å². The molecule has 0 spiro atoms. The van der Waals surface area contributed by atoms with Crippen molar-refractivity contribution in [3.8, 4) is 11.5 Å². The Morgan fingerprint density at radius 2 is 1.65 bits per heavy atom. The standard InChI is InChI=1S/C21H18ClNO3/c1-25-18-12-10-17(11-13-18)23-21(24)19-4-2-3-5-20(19)26-14-15-6-8-16(22)9-7-15/h2-13H,14H2,1H3,(H,23,24). The molecule has 3 aromatic carbocycles. The number of carbonyl (C=O) groups excluding carboxylic acids is 1. The second kappa shape index (κ2) is 8.41. The Hall–Kier alpha value is -2.98. The average molecular weight is 368 g/mol. The number of methoxy groups -OCH3 is 1. The van der Waals surface area contributed by atoms with Crippen molar-refractivity contribution in [3.63, 3.8) is 0 Å². The summed E-state index contributed by atoms with van der Waals surface area (Å²) in [6, 6.07) is 21.7. The van der Waals surface area contributed by atoms with Crippen molar-refractivity contribution < 1.29 is 14.3 Å². The summed E-state index contributed by atoms with van der Waals surface area (Å²) in [5.74, 6) is 1.02. The fourth-order valence-corrected chi connectivity index (χ4v) is 2.52. The topological polar surface area (TPSA) is 47.6 Å². The average Bonchev–Trinajstić information content (AvgIpc) is 2.68. The van der Waals surface area contributed by atoms with Crippen molar-refractivity contribution in [1.82, 2.24) is 0 Å². The van der Waals surface area contributed by atoms with Gasteiger partial charge in [0.25, 0.3) is 5.91 Å². The van der Waals surface area contributed by atoms with Gasteiger partial charge in [-0.3, -0.25) is 4.79 Å². The molecule has 26 heavy (non-hydrogen) atoms. The van der Waals surface area contributed by atoms with E-state index in [9.17, 15) is 4.79 Å². The second-order valence-corrected chi connectivity index (χ2v) is 6.03. The molecule has 0 aliphatic heterocycles. The summed E-state index contributed by atoms with van der Waals surface area (Å²) in [5, 5.41) is 3.54. The van der Waals surface area contributed by atoms with Crippen LogP contribution in [0.4, 0.5) is 5.69 Å². The van der Waals surface area contributed by atoms with Gasteiger partial charge in [-0.25, -0.2) is 0 Å². The molecular weight excluding hydrogens is 350 g/mol. The van der Waals surface area contributed by atoms with Crippen LogP contribution in [0.25, 0.3) is 0 Å². The van der Waals surface area contributed by atoms with Crippen LogP contribution in [0.1, 0.15) is 15.9 Å². The van der Waals surface area contributed by atoms with Gasteiger partial charge in [0.05, 0.1) is 12.7 Å². The zero-order chi connectivity index (χ0) is 18.4. The van der Waals surface area contributed by atoms with Crippen molar-refractivity contribution in [2.75, 3.05) is 12.4 Å². The normalized spacial score (nSPS) is 10.2. The minimum atomic E-state index is -0.234. The van der Waals surface area contributed by atoms with Gasteiger partial charge in [0.15, 0.2) is 0 Å². The molecule has 5 heteroatoms. The molecule has 0 unspecified atom stereocenters. The molecule has 0 aliphatic carbocycles. The number of amides is 1. The number of ether oxygens (including phenoxy) is 2. The highest BCUT2D eigenvalue weighted by atomic mass is 35.5. The third kappa shape index (κ3) is 4.55. The molecule has 0 saturated heterocycles. The zero-order valence-electron chi connectivity index (χ0n) is 14.2. The fraction of sp³-hybridized carbons (Fsp3) is 0.0952. The number of anilines is 1. The number of hydrogen-bond donors (Lipinski definition) is 1. The molecular formula is C21H18ClNO3. The Kier molecular flexibility index (Phi) is 5.77. The lowest BCUT2D eigenvalue weighted by atomic mass is 10.1. The summed E-state index contributed by atoms with van der Waals surface area (Å²) in [6.45, 7) is 0.351. The van der Waals surface area contributed by atoms with E-state index in [1.807, 2.05) is 30.3 Å². The molecule has 0 heterocycles. The summed E-state index contributed by atoms with van der Waals surface area (Å²) in [5.41, 5.74) is 2.13. The quantitative estimate of drug-likeness (QED) is 0.653. The molecule has 1 amide bonds. The van der Waals surface area contributed by atoms with E-state index in [0.717, 1.165) is 11.3 Å². The summed E-state index contributed by atoms with van der Waals surface area (Å²) in [6.07, 6.45) is 0. The Bertz CT molecular complexity index is 877. The van der Waals surface area contributed by atoms with E-state index >= 15 is 0 Å². The van der Waals surface area contributed by atoms with Crippen molar-refractivity contribution in [3.05, 3.63) is 88.9 Å². The number of rotatable bonds is 6. The lowest BCUT2D eigenvalue weighted by Gasteiger charge is -2.12. The van der Waals surface area contributed by atoms with E-state index in [1.54, 1.807) is 49.6 Å². The molecule has 4 nitrogen and oxygen atoms in total. The van der Waals surface area contributed by atoms with E-state index < -0.39 is 0 Å². The van der Waals surface area contributed by atoms with Crippen LogP contribution in [0.15, 0.2) is 72.8 Å². The van der Waals surface area contributed by atoms with Gasteiger partial charge in [0.1, 0.15) is 18.1 Å². The molecule has 0 radical (unpaired) electrons. The predicted octanol–water partition coefficient (Wildman–Crippen LogP) is 5.18. The van der Waals surface area contributed by atoms with Crippen LogP contribution in [0.2, 0.25) is 5.02 Å². The molecule has 1 N–H and O–H groups in total. The van der Waals surface area contributed by atoms with Crippen LogP contribution in [0.3, 0.4) is 0 Å². The summed E-state index contributed by atoms with van der Waals surface area (Å²) < 4.78 is 11.0. The summed E-state index contributed by atoms with van der Waals surface area (Å²) in [4.78, 5) is 12.6. The summed E-state index contributed by atoms with van der Waals surface area (Å²) >= 11 is 5.89. The molecule has 3 rings (SSSR count). The smallest absolute Gasteiger partial charge is 0.259 e. The van der Waals surface area contributed by atoms with Gasteiger partial charge in [-0.1, -0.05) is 35.9 Å². The number of hydrogen-bond acceptors (Lipinski definition) is 3. The van der Waals surface area contributed by atoms with Gasteiger partial charge in [0, 0.05) is 10.7 Å². The number of benzene rings is 3. The third-order valence-electron chi connectivity index (χ3n) is 3.79. The van der Waals surface area contributed by atoms with Crippen LogP contribution in [0, 0.1) is 0 Å². The minimum Gasteiger partial charge on any atom is -0.497 e. The molecule has 0 aromatic heterocycles. The Labute approximate surface area is 157 Å². The van der Waals surface area contributed by atoms with E-state index in [4.69, 9.17) is 21.1 Å². The number of nitrogens with one attached hydrogen (secondary N) is 1. The highest BCUT2D eigenvalue weighted by Crippen LogP contribution is 2.22. The SMILES string of the molecule is COc1ccc(NC(=O)c2ccccc2OCc2ccc(Cl)cc2)cc1. The maximum Gasteiger partial charge on any atom is 0.259 e. The molecule has 0 atom stereocenters. The Balaban J connectivity index is 1.70. The van der Waals surface area contributed by atoms with Crippen LogP contribution in [0.5, 0.6) is 11.5 Å². The maximum absolute atomic E-state index is 12.6. The highest BCUT2D eigenvalue weighted by molar-refractivity contribution is 6.30. The van der Waals surface area contributed by atoms with Gasteiger partial charge in [-0.15, -0.1) is 0 Å². The Morgan fingerprint density at radius 3 is 2.35 bits per heavy atom. The van der Waals surface area contributed by atoms with Crippen molar-refractivity contribution in [2.45, 2.75) is 6.61 Å². The number of halogens is 1. The van der Waals surface area contributed by atoms with Gasteiger partial charge >= 0.3 is 0 Å². The lowest BCUT2D eigenvalue weighted by molar-refractivity contribution is 0.102. The summed E-state index contributed by atoms with van der Waals surface area (Å²) in [7, 11) is 1.60. The van der Waals surface area contributed by atoms with Crippen molar-refractivity contribution >= 4 is 23.2 Å². The predicted molar refractivity (Wildman–Crippen MR) is 103 cm³/mol. The lowest BCUT2D eigenvalue weighted by Crippen LogP contribution is -2.13. The van der Waals surface area contributed by atoms with Gasteiger partial charge < -0.3 is 14.8 Å². The molecule has 0 saturated carbocycles. The van der Waals surface area contributed by atoms with Gasteiger partial charge in [-0.2, -0.15) is 0 Å². The molecule has 0 fully saturated rings. The van der Waals surface area contributed by atoms with Gasteiger partial charge in [-0.05, 0) is 54.1 Å². The largest absolute Gasteiger partial charge is 0.497 e. The van der Waals surface area contributed by atoms with Crippen LogP contribution >= 0.6 is 11.6 Å². The third-order valence-corrected chi connectivity index (χ3v) is 4.04. The second-order valence-electron chi connectivity index (χ2n) is 5.59. The van der Waals surface area contributed by atoms with E-state index in [1.165, 1.54) is 0 Å². The first-order valence-corrected chi connectivity index (χ1v) is 8.45. The Morgan fingerprint density at radius 1 is 0.962 bits per heavy atom.